The van der Waals surface area contributed by atoms with Crippen LogP contribution < -0.4 is 5.32 Å². The Balaban J connectivity index is 1.77. The van der Waals surface area contributed by atoms with Crippen molar-refractivity contribution >= 4 is 28.6 Å². The van der Waals surface area contributed by atoms with Crippen LogP contribution in [0.5, 0.6) is 0 Å². The summed E-state index contributed by atoms with van der Waals surface area (Å²) < 4.78 is 6.78. The Morgan fingerprint density at radius 1 is 1.09 bits per heavy atom. The molecule has 116 valence electrons. The van der Waals surface area contributed by atoms with Gasteiger partial charge in [-0.1, -0.05) is 30.3 Å². The van der Waals surface area contributed by atoms with Crippen molar-refractivity contribution in [2.75, 3.05) is 5.32 Å². The second kappa shape index (κ2) is 6.36. The monoisotopic (exact) mass is 308 g/mol. The van der Waals surface area contributed by atoms with Crippen molar-refractivity contribution in [1.29, 1.82) is 0 Å². The predicted octanol–water partition coefficient (Wildman–Crippen LogP) is 3.78. The molecule has 0 unspecified atom stereocenters. The number of benzene rings is 2. The Kier molecular flexibility index (Phi) is 4.10. The third-order valence-corrected chi connectivity index (χ3v) is 3.41. The number of nitrogens with zero attached hydrogens (tertiary/aromatic N) is 1. The molecule has 5 heteroatoms. The zero-order valence-electron chi connectivity index (χ0n) is 12.7. The van der Waals surface area contributed by atoms with Gasteiger partial charge in [0.05, 0.1) is 5.52 Å². The topological polar surface area (TPSA) is 60.3 Å². The molecule has 0 fully saturated rings. The number of rotatable bonds is 3. The number of amides is 1. The fourth-order valence-electron chi connectivity index (χ4n) is 2.37. The minimum atomic E-state index is -0.434. The number of fused-ring (bicyclic) bond motifs is 1. The van der Waals surface area contributed by atoms with Crippen molar-refractivity contribution in [3.8, 4) is 0 Å². The largest absolute Gasteiger partial charge is 0.444 e. The molecule has 0 spiro atoms. The fraction of sp³-hybridized carbons (Fsp3) is 0.111. The number of nitrogens with one attached hydrogen (secondary N) is 1. The minimum absolute atomic E-state index is 0.133. The lowest BCUT2D eigenvalue weighted by molar-refractivity contribution is -0.114. The summed E-state index contributed by atoms with van der Waals surface area (Å²) in [7, 11) is 0. The molecule has 1 aromatic heterocycles. The van der Waals surface area contributed by atoms with Crippen LogP contribution in [0.15, 0.2) is 60.8 Å². The molecule has 23 heavy (non-hydrogen) atoms. The SMILES string of the molecule is CC(=O)Nc1ccc2c(ccn2C(=O)OCc2ccccc2)c1. The number of hydrogen-bond acceptors (Lipinski definition) is 3. The maximum Gasteiger partial charge on any atom is 0.418 e. The Morgan fingerprint density at radius 3 is 2.61 bits per heavy atom. The van der Waals surface area contributed by atoms with E-state index in [0.717, 1.165) is 16.5 Å². The third kappa shape index (κ3) is 3.40. The van der Waals surface area contributed by atoms with Crippen molar-refractivity contribution in [2.24, 2.45) is 0 Å². The number of ether oxygens (including phenoxy) is 1. The molecule has 3 aromatic rings. The second-order valence-electron chi connectivity index (χ2n) is 5.18. The molecule has 1 heterocycles. The molecule has 2 aromatic carbocycles. The van der Waals surface area contributed by atoms with E-state index in [1.165, 1.54) is 11.5 Å². The first-order valence-corrected chi connectivity index (χ1v) is 7.23. The van der Waals surface area contributed by atoms with Gasteiger partial charge in [0, 0.05) is 24.2 Å². The average molecular weight is 308 g/mol. The van der Waals surface area contributed by atoms with Crippen LogP contribution >= 0.6 is 0 Å². The maximum atomic E-state index is 12.2. The molecule has 5 nitrogen and oxygen atoms in total. The van der Waals surface area contributed by atoms with Crippen LogP contribution in [0.2, 0.25) is 0 Å². The van der Waals surface area contributed by atoms with Crippen molar-refractivity contribution in [1.82, 2.24) is 4.57 Å². The zero-order chi connectivity index (χ0) is 16.2. The van der Waals surface area contributed by atoms with Crippen LogP contribution in [0.25, 0.3) is 10.9 Å². The molecule has 0 saturated carbocycles. The number of carbonyl (C=O) groups excluding carboxylic acids is 2. The summed E-state index contributed by atoms with van der Waals surface area (Å²) in [6.45, 7) is 1.68. The van der Waals surface area contributed by atoms with Crippen LogP contribution in [-0.4, -0.2) is 16.6 Å². The quantitative estimate of drug-likeness (QED) is 0.801. The molecule has 0 aliphatic heterocycles. The Hall–Kier alpha value is -3.08. The molecule has 0 saturated heterocycles. The first-order valence-electron chi connectivity index (χ1n) is 7.23. The van der Waals surface area contributed by atoms with E-state index in [1.807, 2.05) is 42.5 Å². The standard InChI is InChI=1S/C18H16N2O3/c1-13(21)19-16-7-8-17-15(11-16)9-10-20(17)18(22)23-12-14-5-3-2-4-6-14/h2-11H,12H2,1H3,(H,19,21). The van der Waals surface area contributed by atoms with Crippen LogP contribution in [-0.2, 0) is 16.1 Å². The molecule has 0 aliphatic carbocycles. The highest BCUT2D eigenvalue weighted by Gasteiger charge is 2.11. The van der Waals surface area contributed by atoms with Gasteiger partial charge in [0.15, 0.2) is 0 Å². The van der Waals surface area contributed by atoms with Gasteiger partial charge >= 0.3 is 6.09 Å². The van der Waals surface area contributed by atoms with Gasteiger partial charge in [-0.2, -0.15) is 0 Å². The van der Waals surface area contributed by atoms with E-state index in [1.54, 1.807) is 18.3 Å². The highest BCUT2D eigenvalue weighted by atomic mass is 16.5. The van der Waals surface area contributed by atoms with Gasteiger partial charge in [-0.3, -0.25) is 9.36 Å². The lowest BCUT2D eigenvalue weighted by atomic mass is 10.2. The molecule has 0 bridgehead atoms. The van der Waals surface area contributed by atoms with Gasteiger partial charge in [0.1, 0.15) is 6.61 Å². The maximum absolute atomic E-state index is 12.2. The summed E-state index contributed by atoms with van der Waals surface area (Å²) in [5.41, 5.74) is 2.36. The van der Waals surface area contributed by atoms with Gasteiger partial charge < -0.3 is 10.1 Å². The first-order chi connectivity index (χ1) is 11.1. The summed E-state index contributed by atoms with van der Waals surface area (Å²) in [6, 6.07) is 16.7. The molecular formula is C18H16N2O3. The zero-order valence-corrected chi connectivity index (χ0v) is 12.7. The van der Waals surface area contributed by atoms with E-state index in [2.05, 4.69) is 5.32 Å². The number of anilines is 1. The summed E-state index contributed by atoms with van der Waals surface area (Å²) in [5.74, 6) is -0.133. The van der Waals surface area contributed by atoms with E-state index in [4.69, 9.17) is 4.74 Å². The molecule has 1 amide bonds. The van der Waals surface area contributed by atoms with Gasteiger partial charge in [0.25, 0.3) is 0 Å². The van der Waals surface area contributed by atoms with E-state index in [-0.39, 0.29) is 12.5 Å². The van der Waals surface area contributed by atoms with Crippen LogP contribution in [0.4, 0.5) is 10.5 Å². The van der Waals surface area contributed by atoms with Crippen LogP contribution in [0.1, 0.15) is 12.5 Å². The number of hydrogen-bond donors (Lipinski definition) is 1. The minimum Gasteiger partial charge on any atom is -0.444 e. The van der Waals surface area contributed by atoms with Crippen LogP contribution in [0.3, 0.4) is 0 Å². The van der Waals surface area contributed by atoms with E-state index >= 15 is 0 Å². The van der Waals surface area contributed by atoms with Gasteiger partial charge in [-0.15, -0.1) is 0 Å². The molecular weight excluding hydrogens is 292 g/mol. The van der Waals surface area contributed by atoms with Gasteiger partial charge in [-0.25, -0.2) is 4.79 Å². The summed E-state index contributed by atoms with van der Waals surface area (Å²) in [4.78, 5) is 23.3. The van der Waals surface area contributed by atoms with Gasteiger partial charge in [0.2, 0.25) is 5.91 Å². The molecule has 0 aliphatic rings. The van der Waals surface area contributed by atoms with Crippen molar-refractivity contribution in [3.05, 3.63) is 66.4 Å². The molecule has 1 N–H and O–H groups in total. The highest BCUT2D eigenvalue weighted by Crippen LogP contribution is 2.21. The second-order valence-corrected chi connectivity index (χ2v) is 5.18. The fourth-order valence-corrected chi connectivity index (χ4v) is 2.37. The van der Waals surface area contributed by atoms with Crippen molar-refractivity contribution in [2.45, 2.75) is 13.5 Å². The van der Waals surface area contributed by atoms with Crippen molar-refractivity contribution < 1.29 is 14.3 Å². The third-order valence-electron chi connectivity index (χ3n) is 3.41. The lowest BCUT2D eigenvalue weighted by Gasteiger charge is -2.07. The summed E-state index contributed by atoms with van der Waals surface area (Å²) in [5, 5.41) is 3.57. The Morgan fingerprint density at radius 2 is 1.87 bits per heavy atom. The highest BCUT2D eigenvalue weighted by molar-refractivity contribution is 5.95. The van der Waals surface area contributed by atoms with Crippen molar-refractivity contribution in [3.63, 3.8) is 0 Å². The van der Waals surface area contributed by atoms with E-state index < -0.39 is 6.09 Å². The molecule has 0 radical (unpaired) electrons. The average Bonchev–Trinajstić information content (AvgIpc) is 2.96. The predicted molar refractivity (Wildman–Crippen MR) is 88.3 cm³/mol. The Labute approximate surface area is 133 Å². The first kappa shape index (κ1) is 14.8. The van der Waals surface area contributed by atoms with Crippen LogP contribution in [0, 0.1) is 0 Å². The molecule has 0 atom stereocenters. The smallest absolute Gasteiger partial charge is 0.418 e. The lowest BCUT2D eigenvalue weighted by Crippen LogP contribution is -2.12. The summed E-state index contributed by atoms with van der Waals surface area (Å²) >= 11 is 0. The summed E-state index contributed by atoms with van der Waals surface area (Å²) in [6.07, 6.45) is 1.23. The normalized spacial score (nSPS) is 10.5. The number of aromatic nitrogens is 1. The molecule has 3 rings (SSSR count). The van der Waals surface area contributed by atoms with E-state index in [9.17, 15) is 9.59 Å². The number of carbonyl (C=O) groups is 2. The Bertz CT molecular complexity index is 853. The van der Waals surface area contributed by atoms with E-state index in [0.29, 0.717) is 5.69 Å². The van der Waals surface area contributed by atoms with Gasteiger partial charge in [-0.05, 0) is 29.8 Å².